The third-order valence-electron chi connectivity index (χ3n) is 2.16. The molecular formula is C10H20N4O4. The average molecular weight is 260 g/mol. The third kappa shape index (κ3) is 6.69. The van der Waals surface area contributed by atoms with Gasteiger partial charge in [0.15, 0.2) is 12.0 Å². The molecule has 1 amide bonds. The molecule has 0 aliphatic heterocycles. The van der Waals surface area contributed by atoms with Gasteiger partial charge in [-0.1, -0.05) is 6.92 Å². The van der Waals surface area contributed by atoms with Gasteiger partial charge in [0.2, 0.25) is 5.91 Å². The summed E-state index contributed by atoms with van der Waals surface area (Å²) in [6.07, 6.45) is -0.389. The summed E-state index contributed by atoms with van der Waals surface area (Å²) in [5.74, 6) is -1.84. The Morgan fingerprint density at radius 1 is 1.39 bits per heavy atom. The van der Waals surface area contributed by atoms with Crippen molar-refractivity contribution in [3.8, 4) is 0 Å². The highest BCUT2D eigenvalue weighted by Crippen LogP contribution is 2.01. The SMILES string of the molecule is CCCC(=O)N[C@H](C(=O)O)C(O)CCN=C(N)N. The lowest BCUT2D eigenvalue weighted by atomic mass is 10.1. The Kier molecular flexibility index (Phi) is 7.45. The van der Waals surface area contributed by atoms with E-state index in [-0.39, 0.29) is 25.3 Å². The van der Waals surface area contributed by atoms with E-state index in [1.807, 2.05) is 0 Å². The summed E-state index contributed by atoms with van der Waals surface area (Å²) in [5.41, 5.74) is 10.2. The number of hydrogen-bond donors (Lipinski definition) is 5. The van der Waals surface area contributed by atoms with Crippen LogP contribution in [0.1, 0.15) is 26.2 Å². The maximum atomic E-state index is 11.3. The number of aliphatic imine (C=N–C) groups is 1. The molecule has 0 spiro atoms. The van der Waals surface area contributed by atoms with E-state index in [1.54, 1.807) is 6.92 Å². The molecule has 0 aromatic rings. The molecule has 1 unspecified atom stereocenters. The Labute approximate surface area is 105 Å². The molecule has 18 heavy (non-hydrogen) atoms. The highest BCUT2D eigenvalue weighted by molar-refractivity contribution is 5.83. The molecule has 0 fully saturated rings. The number of amides is 1. The quantitative estimate of drug-likeness (QED) is 0.261. The predicted molar refractivity (Wildman–Crippen MR) is 65.8 cm³/mol. The zero-order valence-electron chi connectivity index (χ0n) is 10.3. The highest BCUT2D eigenvalue weighted by atomic mass is 16.4. The summed E-state index contributed by atoms with van der Waals surface area (Å²) >= 11 is 0. The first-order valence-corrected chi connectivity index (χ1v) is 5.64. The summed E-state index contributed by atoms with van der Waals surface area (Å²) < 4.78 is 0. The minimum atomic E-state index is -1.35. The van der Waals surface area contributed by atoms with Crippen LogP contribution in [0.15, 0.2) is 4.99 Å². The molecule has 0 aliphatic rings. The zero-order valence-corrected chi connectivity index (χ0v) is 10.3. The Balaban J connectivity index is 4.36. The van der Waals surface area contributed by atoms with Crippen LogP contribution < -0.4 is 16.8 Å². The lowest BCUT2D eigenvalue weighted by Crippen LogP contribution is -2.49. The number of nitrogens with one attached hydrogen (secondary N) is 1. The van der Waals surface area contributed by atoms with Crippen molar-refractivity contribution in [3.63, 3.8) is 0 Å². The second kappa shape index (κ2) is 8.29. The van der Waals surface area contributed by atoms with Crippen molar-refractivity contribution in [3.05, 3.63) is 0 Å². The Morgan fingerprint density at radius 3 is 2.44 bits per heavy atom. The van der Waals surface area contributed by atoms with E-state index in [0.717, 1.165) is 0 Å². The van der Waals surface area contributed by atoms with Gasteiger partial charge in [-0.3, -0.25) is 9.79 Å². The zero-order chi connectivity index (χ0) is 14.1. The molecule has 0 radical (unpaired) electrons. The fourth-order valence-corrected chi connectivity index (χ4v) is 1.29. The lowest BCUT2D eigenvalue weighted by Gasteiger charge is -2.19. The molecule has 0 aromatic carbocycles. The first-order valence-electron chi connectivity index (χ1n) is 5.64. The largest absolute Gasteiger partial charge is 0.480 e. The van der Waals surface area contributed by atoms with Gasteiger partial charge < -0.3 is 27.0 Å². The number of nitrogens with zero attached hydrogens (tertiary/aromatic N) is 1. The highest BCUT2D eigenvalue weighted by Gasteiger charge is 2.27. The standard InChI is InChI=1S/C10H20N4O4/c1-2-3-7(16)14-8(9(17)18)6(15)4-5-13-10(11)12/h6,8,15H,2-5H2,1H3,(H,14,16)(H,17,18)(H4,11,12,13)/t6?,8-/m0/s1. The van der Waals surface area contributed by atoms with E-state index in [2.05, 4.69) is 10.3 Å². The smallest absolute Gasteiger partial charge is 0.328 e. The van der Waals surface area contributed by atoms with Crippen molar-refractivity contribution in [1.82, 2.24) is 5.32 Å². The monoisotopic (exact) mass is 260 g/mol. The van der Waals surface area contributed by atoms with Crippen molar-refractivity contribution >= 4 is 17.8 Å². The van der Waals surface area contributed by atoms with E-state index >= 15 is 0 Å². The maximum absolute atomic E-state index is 11.3. The number of carbonyl (C=O) groups excluding carboxylic acids is 1. The summed E-state index contributed by atoms with van der Waals surface area (Å²) in [6.45, 7) is 1.89. The van der Waals surface area contributed by atoms with Crippen LogP contribution in [0.2, 0.25) is 0 Å². The Bertz CT molecular complexity index is 315. The molecule has 2 atom stereocenters. The number of carbonyl (C=O) groups is 2. The molecule has 0 bridgehead atoms. The van der Waals surface area contributed by atoms with Gasteiger partial charge in [-0.05, 0) is 12.8 Å². The van der Waals surface area contributed by atoms with E-state index in [1.165, 1.54) is 0 Å². The predicted octanol–water partition coefficient (Wildman–Crippen LogP) is -1.62. The molecular weight excluding hydrogens is 240 g/mol. The number of rotatable bonds is 8. The summed E-state index contributed by atoms with van der Waals surface area (Å²) in [6, 6.07) is -1.35. The summed E-state index contributed by atoms with van der Waals surface area (Å²) in [7, 11) is 0. The molecule has 0 saturated carbocycles. The Morgan fingerprint density at radius 2 is 2.00 bits per heavy atom. The number of nitrogens with two attached hydrogens (primary N) is 2. The van der Waals surface area contributed by atoms with Crippen LogP contribution in [-0.4, -0.2) is 46.7 Å². The molecule has 8 nitrogen and oxygen atoms in total. The lowest BCUT2D eigenvalue weighted by molar-refractivity contribution is -0.145. The fourth-order valence-electron chi connectivity index (χ4n) is 1.29. The van der Waals surface area contributed by atoms with Crippen molar-refractivity contribution in [2.75, 3.05) is 6.54 Å². The van der Waals surface area contributed by atoms with Gasteiger partial charge in [-0.2, -0.15) is 0 Å². The normalized spacial score (nSPS) is 13.4. The van der Waals surface area contributed by atoms with Crippen LogP contribution in [0.4, 0.5) is 0 Å². The number of guanidine groups is 1. The van der Waals surface area contributed by atoms with E-state index in [4.69, 9.17) is 16.6 Å². The van der Waals surface area contributed by atoms with Crippen LogP contribution in [-0.2, 0) is 9.59 Å². The van der Waals surface area contributed by atoms with Crippen LogP contribution in [0, 0.1) is 0 Å². The van der Waals surface area contributed by atoms with Crippen molar-refractivity contribution in [2.24, 2.45) is 16.5 Å². The first kappa shape index (κ1) is 16.2. The van der Waals surface area contributed by atoms with Gasteiger partial charge in [0, 0.05) is 13.0 Å². The molecule has 104 valence electrons. The number of aliphatic hydroxyl groups is 1. The number of carboxylic acid groups (broad SMARTS) is 1. The minimum Gasteiger partial charge on any atom is -0.480 e. The van der Waals surface area contributed by atoms with E-state index in [9.17, 15) is 14.7 Å². The number of aliphatic carboxylic acids is 1. The van der Waals surface area contributed by atoms with Crippen LogP contribution in [0.3, 0.4) is 0 Å². The molecule has 0 aliphatic carbocycles. The molecule has 0 rings (SSSR count). The van der Waals surface area contributed by atoms with Gasteiger partial charge in [0.25, 0.3) is 0 Å². The van der Waals surface area contributed by atoms with E-state index in [0.29, 0.717) is 6.42 Å². The van der Waals surface area contributed by atoms with Gasteiger partial charge in [-0.15, -0.1) is 0 Å². The van der Waals surface area contributed by atoms with E-state index < -0.39 is 24.0 Å². The fraction of sp³-hybridized carbons (Fsp3) is 0.700. The molecule has 0 saturated heterocycles. The van der Waals surface area contributed by atoms with Gasteiger partial charge >= 0.3 is 5.97 Å². The minimum absolute atomic E-state index is 0.0429. The maximum Gasteiger partial charge on any atom is 0.328 e. The van der Waals surface area contributed by atoms with Crippen molar-refractivity contribution in [2.45, 2.75) is 38.3 Å². The summed E-state index contributed by atoms with van der Waals surface area (Å²) in [5, 5.41) is 20.8. The molecule has 7 N–H and O–H groups in total. The van der Waals surface area contributed by atoms with Gasteiger partial charge in [0.05, 0.1) is 6.10 Å². The van der Waals surface area contributed by atoms with Gasteiger partial charge in [-0.25, -0.2) is 4.79 Å². The number of hydrogen-bond acceptors (Lipinski definition) is 4. The molecule has 8 heteroatoms. The first-order chi connectivity index (χ1) is 8.38. The molecule has 0 heterocycles. The number of aliphatic hydroxyl groups excluding tert-OH is 1. The van der Waals surface area contributed by atoms with Gasteiger partial charge in [0.1, 0.15) is 0 Å². The second-order valence-electron chi connectivity index (χ2n) is 3.80. The third-order valence-corrected chi connectivity index (χ3v) is 2.16. The summed E-state index contributed by atoms with van der Waals surface area (Å²) in [4.78, 5) is 25.8. The second-order valence-corrected chi connectivity index (χ2v) is 3.80. The topological polar surface area (TPSA) is 151 Å². The van der Waals surface area contributed by atoms with Crippen molar-refractivity contribution in [1.29, 1.82) is 0 Å². The average Bonchev–Trinajstić information content (AvgIpc) is 2.25. The van der Waals surface area contributed by atoms with Crippen molar-refractivity contribution < 1.29 is 19.8 Å². The Hall–Kier alpha value is -1.83. The molecule has 0 aromatic heterocycles. The van der Waals surface area contributed by atoms with Crippen LogP contribution in [0.5, 0.6) is 0 Å². The number of carboxylic acids is 1. The van der Waals surface area contributed by atoms with Crippen LogP contribution in [0.25, 0.3) is 0 Å². The van der Waals surface area contributed by atoms with Crippen LogP contribution >= 0.6 is 0 Å².